The van der Waals surface area contributed by atoms with Gasteiger partial charge in [0, 0.05) is 26.2 Å². The number of carbonyl (C=O) groups excluding carboxylic acids is 3. The Morgan fingerprint density at radius 3 is 2.61 bits per heavy atom. The zero-order chi connectivity index (χ0) is 27.3. The van der Waals surface area contributed by atoms with Crippen molar-refractivity contribution >= 4 is 18.1 Å². The summed E-state index contributed by atoms with van der Waals surface area (Å²) in [6, 6.07) is 4.82. The van der Waals surface area contributed by atoms with Crippen molar-refractivity contribution in [1.29, 1.82) is 5.26 Å². The van der Waals surface area contributed by atoms with Gasteiger partial charge in [-0.25, -0.2) is 14.4 Å². The molecule has 202 valence electrons. The normalized spacial score (nSPS) is 19.7. The number of carbonyl (C=O) groups is 3. The zero-order valence-electron chi connectivity index (χ0n) is 20.0. The number of esters is 1. The number of nitrogens with one attached hydrogen (secondary N) is 3. The van der Waals surface area contributed by atoms with Crippen molar-refractivity contribution in [2.45, 2.75) is 25.8 Å². The highest BCUT2D eigenvalue weighted by molar-refractivity contribution is 5.90. The lowest BCUT2D eigenvalue weighted by atomic mass is 10.1. The second kappa shape index (κ2) is 11.4. The smallest absolute Gasteiger partial charge is 0.445 e. The van der Waals surface area contributed by atoms with E-state index in [1.165, 1.54) is 11.0 Å². The molecule has 1 aromatic carbocycles. The van der Waals surface area contributed by atoms with E-state index < -0.39 is 24.0 Å². The lowest BCUT2D eigenvalue weighted by Crippen LogP contribution is -2.39. The molecule has 12 nitrogen and oxygen atoms in total. The second-order valence-electron chi connectivity index (χ2n) is 9.02. The summed E-state index contributed by atoms with van der Waals surface area (Å²) in [6.07, 6.45) is -2.72. The summed E-state index contributed by atoms with van der Waals surface area (Å²) in [6.45, 7) is 1.56. The van der Waals surface area contributed by atoms with E-state index in [9.17, 15) is 27.6 Å². The number of nitrogens with zero attached hydrogens (tertiary/aromatic N) is 4. The molecule has 0 spiro atoms. The molecule has 4 rings (SSSR count). The molecule has 38 heavy (non-hydrogen) atoms. The number of aromatic nitrogens is 3. The number of piperidine rings is 1. The van der Waals surface area contributed by atoms with Crippen LogP contribution in [0, 0.1) is 29.1 Å². The lowest BCUT2D eigenvalue weighted by Gasteiger charge is -2.20. The SMILES string of the molecule is N#Cc1cc(COC(=O)N2C[C@@H]3C(CNC(=O)NCCCc4cn[nH]n4)[C@@H]3C2)cc(C(=O)OC(F)(F)F)c1. The van der Waals surface area contributed by atoms with E-state index in [2.05, 4.69) is 30.8 Å². The number of benzene rings is 1. The molecule has 0 radical (unpaired) electrons. The third-order valence-corrected chi connectivity index (χ3v) is 6.42. The largest absolute Gasteiger partial charge is 0.575 e. The number of H-pyrrole nitrogens is 1. The van der Waals surface area contributed by atoms with Gasteiger partial charge in [0.15, 0.2) is 0 Å². The molecular weight excluding hydrogens is 511 g/mol. The van der Waals surface area contributed by atoms with Gasteiger partial charge in [0.1, 0.15) is 6.61 Å². The molecule has 2 aromatic rings. The molecular formula is C23H24F3N7O5. The zero-order valence-corrected chi connectivity index (χ0v) is 20.0. The highest BCUT2D eigenvalue weighted by atomic mass is 19.4. The summed E-state index contributed by atoms with van der Waals surface area (Å²) in [5.41, 5.74) is 0.436. The van der Waals surface area contributed by atoms with Gasteiger partial charge in [-0.15, -0.1) is 13.2 Å². The van der Waals surface area contributed by atoms with Crippen LogP contribution in [-0.4, -0.2) is 70.9 Å². The summed E-state index contributed by atoms with van der Waals surface area (Å²) in [7, 11) is 0. The second-order valence-corrected chi connectivity index (χ2v) is 9.02. The van der Waals surface area contributed by atoms with Crippen LogP contribution in [0.25, 0.3) is 0 Å². The molecule has 1 aromatic heterocycles. The number of hydrogen-bond donors (Lipinski definition) is 3. The number of hydrogen-bond acceptors (Lipinski definition) is 8. The lowest BCUT2D eigenvalue weighted by molar-refractivity contribution is -0.291. The number of likely N-dealkylation sites (tertiary alicyclic amines) is 1. The maximum Gasteiger partial charge on any atom is 0.575 e. The van der Waals surface area contributed by atoms with E-state index in [0.29, 0.717) is 32.6 Å². The molecule has 1 saturated carbocycles. The number of alkyl halides is 3. The summed E-state index contributed by atoms with van der Waals surface area (Å²) >= 11 is 0. The molecule has 3 N–H and O–H groups in total. The van der Waals surface area contributed by atoms with Crippen LogP contribution in [0.15, 0.2) is 24.4 Å². The van der Waals surface area contributed by atoms with Crippen LogP contribution in [-0.2, 0) is 22.5 Å². The molecule has 15 heteroatoms. The van der Waals surface area contributed by atoms with Crippen molar-refractivity contribution in [3.63, 3.8) is 0 Å². The fourth-order valence-corrected chi connectivity index (χ4v) is 4.55. The predicted octanol–water partition coefficient (Wildman–Crippen LogP) is 2.10. The Balaban J connectivity index is 1.16. The number of urea groups is 1. The first-order chi connectivity index (χ1) is 18.1. The number of ether oxygens (including phenoxy) is 2. The Morgan fingerprint density at radius 2 is 1.95 bits per heavy atom. The van der Waals surface area contributed by atoms with E-state index in [4.69, 9.17) is 10.00 Å². The average Bonchev–Trinajstić information content (AvgIpc) is 3.25. The Kier molecular flexibility index (Phi) is 7.99. The van der Waals surface area contributed by atoms with Crippen LogP contribution in [0.5, 0.6) is 0 Å². The fourth-order valence-electron chi connectivity index (χ4n) is 4.55. The maximum absolute atomic E-state index is 12.5. The van der Waals surface area contributed by atoms with E-state index >= 15 is 0 Å². The minimum absolute atomic E-state index is 0.0792. The molecule has 2 fully saturated rings. The molecule has 3 amide bonds. The molecule has 1 unspecified atom stereocenters. The average molecular weight is 535 g/mol. The number of aryl methyl sites for hydroxylation is 1. The van der Waals surface area contributed by atoms with Gasteiger partial charge >= 0.3 is 24.5 Å². The van der Waals surface area contributed by atoms with E-state index in [1.54, 1.807) is 12.3 Å². The standard InChI is InChI=1S/C23H24F3N7O5/c24-23(25,26)38-20(34)15-5-13(7-27)4-14(6-15)12-37-22(36)33-10-18-17(19(18)11-33)9-29-21(35)28-3-1-2-16-8-30-32-31-16/h4-6,8,17-19H,1-3,9-12H2,(H2,28,29,35)(H,30,31,32)/t17?,18-,19+. The Morgan fingerprint density at radius 1 is 1.18 bits per heavy atom. The maximum atomic E-state index is 12.5. The predicted molar refractivity (Wildman–Crippen MR) is 121 cm³/mol. The van der Waals surface area contributed by atoms with Crippen LogP contribution in [0.2, 0.25) is 0 Å². The monoisotopic (exact) mass is 535 g/mol. The Bertz CT molecular complexity index is 1200. The highest BCUT2D eigenvalue weighted by Crippen LogP contribution is 2.51. The van der Waals surface area contributed by atoms with Gasteiger partial charge < -0.3 is 25.0 Å². The van der Waals surface area contributed by atoms with Gasteiger partial charge in [-0.1, -0.05) is 0 Å². The number of aromatic amines is 1. The Labute approximate surface area is 214 Å². The number of rotatable bonds is 9. The van der Waals surface area contributed by atoms with E-state index in [1.807, 2.05) is 0 Å². The minimum Gasteiger partial charge on any atom is -0.445 e. The van der Waals surface area contributed by atoms with Crippen molar-refractivity contribution in [2.24, 2.45) is 17.8 Å². The quantitative estimate of drug-likeness (QED) is 0.325. The Hall–Kier alpha value is -4.35. The van der Waals surface area contributed by atoms with Crippen molar-refractivity contribution < 1.29 is 37.0 Å². The number of nitriles is 1. The molecule has 1 aliphatic heterocycles. The third-order valence-electron chi connectivity index (χ3n) is 6.42. The van der Waals surface area contributed by atoms with Gasteiger partial charge in [-0.3, -0.25) is 0 Å². The van der Waals surface area contributed by atoms with Crippen LogP contribution < -0.4 is 10.6 Å². The van der Waals surface area contributed by atoms with Gasteiger partial charge in [0.25, 0.3) is 0 Å². The molecule has 0 bridgehead atoms. The van der Waals surface area contributed by atoms with Crippen LogP contribution in [0.4, 0.5) is 22.8 Å². The summed E-state index contributed by atoms with van der Waals surface area (Å²) in [4.78, 5) is 37.7. The molecule has 1 saturated heterocycles. The van der Waals surface area contributed by atoms with Crippen molar-refractivity contribution in [3.8, 4) is 6.07 Å². The van der Waals surface area contributed by atoms with Gasteiger partial charge in [-0.05, 0) is 54.4 Å². The number of amides is 3. The fraction of sp³-hybridized carbons (Fsp3) is 0.478. The van der Waals surface area contributed by atoms with Gasteiger partial charge in [0.2, 0.25) is 0 Å². The van der Waals surface area contributed by atoms with E-state index in [0.717, 1.165) is 24.2 Å². The van der Waals surface area contributed by atoms with Crippen molar-refractivity contribution in [3.05, 3.63) is 46.8 Å². The molecule has 1 aliphatic carbocycles. The summed E-state index contributed by atoms with van der Waals surface area (Å²) < 4.78 is 45.7. The number of halogens is 3. The molecule has 3 atom stereocenters. The number of fused-ring (bicyclic) bond motifs is 1. The van der Waals surface area contributed by atoms with Crippen molar-refractivity contribution in [1.82, 2.24) is 30.9 Å². The topological polar surface area (TPSA) is 162 Å². The third kappa shape index (κ3) is 7.11. The first-order valence-electron chi connectivity index (χ1n) is 11.7. The molecule has 2 heterocycles. The van der Waals surface area contributed by atoms with Gasteiger partial charge in [0.05, 0.1) is 29.1 Å². The molecule has 2 aliphatic rings. The first-order valence-corrected chi connectivity index (χ1v) is 11.7. The first kappa shape index (κ1) is 26.7. The van der Waals surface area contributed by atoms with Crippen LogP contribution in [0.1, 0.15) is 33.6 Å². The van der Waals surface area contributed by atoms with Crippen molar-refractivity contribution in [2.75, 3.05) is 26.2 Å². The van der Waals surface area contributed by atoms with Crippen LogP contribution >= 0.6 is 0 Å². The summed E-state index contributed by atoms with van der Waals surface area (Å²) in [5, 5.41) is 24.9. The highest BCUT2D eigenvalue weighted by Gasteiger charge is 2.56. The summed E-state index contributed by atoms with van der Waals surface area (Å²) in [5.74, 6) is -0.933. The minimum atomic E-state index is -5.17. The van der Waals surface area contributed by atoms with Crippen LogP contribution in [0.3, 0.4) is 0 Å². The van der Waals surface area contributed by atoms with Gasteiger partial charge in [-0.2, -0.15) is 20.7 Å². The van der Waals surface area contributed by atoms with E-state index in [-0.39, 0.29) is 41.5 Å².